The first-order valence-corrected chi connectivity index (χ1v) is 6.63. The molecule has 20 heavy (non-hydrogen) atoms. The summed E-state index contributed by atoms with van der Waals surface area (Å²) >= 11 is 0. The number of benzene rings is 1. The molecule has 0 spiro atoms. The van der Waals surface area contributed by atoms with Gasteiger partial charge >= 0.3 is 11.9 Å². The second-order valence-corrected chi connectivity index (χ2v) is 5.45. The fourth-order valence-corrected chi connectivity index (χ4v) is 1.50. The number of carboxylic acids is 1. The molecule has 4 nitrogen and oxygen atoms in total. The highest BCUT2D eigenvalue weighted by Gasteiger charge is 2.11. The summed E-state index contributed by atoms with van der Waals surface area (Å²) in [6, 6.07) is 7.68. The van der Waals surface area contributed by atoms with Crippen LogP contribution >= 0.6 is 0 Å². The molecule has 0 bridgehead atoms. The van der Waals surface area contributed by atoms with Crippen LogP contribution in [0.25, 0.3) is 0 Å². The molecule has 1 aromatic rings. The van der Waals surface area contributed by atoms with E-state index < -0.39 is 5.97 Å². The summed E-state index contributed by atoms with van der Waals surface area (Å²) in [5.74, 6) is -1.00. The standard InChI is InChI=1S/C10H12O2.C6H12O2/c1-2-8-3-5-9(6-4-8)7-10(11)12;1-5(7)8-6(2,3)4/h3-6H,2,7H2,1H3,(H,11,12);1-4H3. The number of carbonyl (C=O) groups is 2. The van der Waals surface area contributed by atoms with Crippen molar-refractivity contribution in [3.8, 4) is 0 Å². The lowest BCUT2D eigenvalue weighted by molar-refractivity contribution is -0.151. The van der Waals surface area contributed by atoms with E-state index in [-0.39, 0.29) is 18.0 Å². The molecule has 1 N–H and O–H groups in total. The summed E-state index contributed by atoms with van der Waals surface area (Å²) in [6.45, 7) is 9.01. The molecule has 1 aromatic carbocycles. The lowest BCUT2D eigenvalue weighted by Crippen LogP contribution is -2.21. The topological polar surface area (TPSA) is 63.6 Å². The Kier molecular flexibility index (Phi) is 7.59. The SMILES string of the molecule is CC(=O)OC(C)(C)C.CCc1ccc(CC(=O)O)cc1. The van der Waals surface area contributed by atoms with Crippen molar-refractivity contribution >= 4 is 11.9 Å². The maximum Gasteiger partial charge on any atom is 0.307 e. The average Bonchev–Trinajstić information content (AvgIpc) is 2.26. The third kappa shape index (κ3) is 10.1. The Hall–Kier alpha value is -1.84. The monoisotopic (exact) mass is 280 g/mol. The normalized spacial score (nSPS) is 10.2. The van der Waals surface area contributed by atoms with E-state index >= 15 is 0 Å². The molecule has 0 saturated carbocycles. The van der Waals surface area contributed by atoms with Crippen LogP contribution in [0.5, 0.6) is 0 Å². The van der Waals surface area contributed by atoms with Crippen molar-refractivity contribution in [1.82, 2.24) is 0 Å². The number of hydrogen-bond donors (Lipinski definition) is 1. The summed E-state index contributed by atoms with van der Waals surface area (Å²) in [4.78, 5) is 20.6. The highest BCUT2D eigenvalue weighted by atomic mass is 16.6. The minimum atomic E-state index is -0.778. The van der Waals surface area contributed by atoms with Crippen molar-refractivity contribution in [2.24, 2.45) is 0 Å². The first-order valence-electron chi connectivity index (χ1n) is 6.63. The molecule has 0 heterocycles. The summed E-state index contributed by atoms with van der Waals surface area (Å²) in [6.07, 6.45) is 1.11. The molecule has 0 atom stereocenters. The van der Waals surface area contributed by atoms with Gasteiger partial charge in [0.15, 0.2) is 0 Å². The Labute approximate surface area is 120 Å². The van der Waals surface area contributed by atoms with Gasteiger partial charge in [0.1, 0.15) is 5.60 Å². The molecule has 0 aromatic heterocycles. The molecule has 1 rings (SSSR count). The number of rotatable bonds is 3. The average molecular weight is 280 g/mol. The molecule has 0 aliphatic rings. The van der Waals surface area contributed by atoms with E-state index in [1.807, 2.05) is 45.0 Å². The van der Waals surface area contributed by atoms with Crippen LogP contribution in [0.2, 0.25) is 0 Å². The Morgan fingerprint density at radius 1 is 1.10 bits per heavy atom. The van der Waals surface area contributed by atoms with E-state index in [2.05, 4.69) is 6.92 Å². The van der Waals surface area contributed by atoms with E-state index in [1.165, 1.54) is 12.5 Å². The molecule has 0 aliphatic carbocycles. The van der Waals surface area contributed by atoms with Crippen LogP contribution in [0.1, 0.15) is 45.7 Å². The Bertz CT molecular complexity index is 427. The molecular weight excluding hydrogens is 256 g/mol. The number of carbonyl (C=O) groups excluding carboxylic acids is 1. The van der Waals surface area contributed by atoms with Gasteiger partial charge in [0.05, 0.1) is 6.42 Å². The minimum Gasteiger partial charge on any atom is -0.481 e. The van der Waals surface area contributed by atoms with Gasteiger partial charge in [-0.15, -0.1) is 0 Å². The van der Waals surface area contributed by atoms with Gasteiger partial charge < -0.3 is 9.84 Å². The van der Waals surface area contributed by atoms with Crippen LogP contribution in [-0.4, -0.2) is 22.6 Å². The number of aryl methyl sites for hydroxylation is 1. The van der Waals surface area contributed by atoms with Gasteiger partial charge in [0.2, 0.25) is 0 Å². The maximum atomic E-state index is 10.3. The van der Waals surface area contributed by atoms with Crippen molar-refractivity contribution in [1.29, 1.82) is 0 Å². The molecule has 4 heteroatoms. The van der Waals surface area contributed by atoms with E-state index in [0.717, 1.165) is 12.0 Å². The van der Waals surface area contributed by atoms with Gasteiger partial charge in [-0.05, 0) is 38.3 Å². The number of carboxylic acid groups (broad SMARTS) is 1. The third-order valence-electron chi connectivity index (χ3n) is 2.24. The zero-order valence-electron chi connectivity index (χ0n) is 12.9. The molecule has 0 amide bonds. The lowest BCUT2D eigenvalue weighted by Gasteiger charge is -2.17. The smallest absolute Gasteiger partial charge is 0.307 e. The minimum absolute atomic E-state index is 0.115. The second kappa shape index (κ2) is 8.35. The molecule has 0 saturated heterocycles. The zero-order chi connectivity index (χ0) is 15.8. The van der Waals surface area contributed by atoms with Gasteiger partial charge in [-0.1, -0.05) is 31.2 Å². The van der Waals surface area contributed by atoms with Crippen LogP contribution in [0.3, 0.4) is 0 Å². The van der Waals surface area contributed by atoms with Gasteiger partial charge in [-0.3, -0.25) is 9.59 Å². The highest BCUT2D eigenvalue weighted by Crippen LogP contribution is 2.06. The quantitative estimate of drug-likeness (QED) is 0.863. The van der Waals surface area contributed by atoms with E-state index in [1.54, 1.807) is 0 Å². The second-order valence-electron chi connectivity index (χ2n) is 5.45. The fraction of sp³-hybridized carbons (Fsp3) is 0.500. The van der Waals surface area contributed by atoms with Gasteiger partial charge in [-0.25, -0.2) is 0 Å². The van der Waals surface area contributed by atoms with Crippen molar-refractivity contribution in [3.63, 3.8) is 0 Å². The summed E-state index contributed by atoms with van der Waals surface area (Å²) in [7, 11) is 0. The molecule has 112 valence electrons. The summed E-state index contributed by atoms with van der Waals surface area (Å²) < 4.78 is 4.80. The third-order valence-corrected chi connectivity index (χ3v) is 2.24. The lowest BCUT2D eigenvalue weighted by atomic mass is 10.1. The number of ether oxygens (including phenoxy) is 1. The Balaban J connectivity index is 0.000000396. The molecule has 0 fully saturated rings. The summed E-state index contributed by atoms with van der Waals surface area (Å²) in [5.41, 5.74) is 1.77. The van der Waals surface area contributed by atoms with Gasteiger partial charge in [0.25, 0.3) is 0 Å². The first kappa shape index (κ1) is 18.2. The largest absolute Gasteiger partial charge is 0.481 e. The Morgan fingerprint density at radius 3 is 1.80 bits per heavy atom. The van der Waals surface area contributed by atoms with Crippen LogP contribution in [0.15, 0.2) is 24.3 Å². The van der Waals surface area contributed by atoms with E-state index in [4.69, 9.17) is 9.84 Å². The number of esters is 1. The van der Waals surface area contributed by atoms with Crippen molar-refractivity contribution < 1.29 is 19.4 Å². The first-order chi connectivity index (χ1) is 9.14. The Morgan fingerprint density at radius 2 is 1.55 bits per heavy atom. The number of hydrogen-bond acceptors (Lipinski definition) is 3. The molecular formula is C16H24O4. The van der Waals surface area contributed by atoms with Crippen LogP contribution in [-0.2, 0) is 27.2 Å². The van der Waals surface area contributed by atoms with Gasteiger partial charge in [-0.2, -0.15) is 0 Å². The number of aliphatic carboxylic acids is 1. The van der Waals surface area contributed by atoms with Crippen molar-refractivity contribution in [3.05, 3.63) is 35.4 Å². The van der Waals surface area contributed by atoms with Crippen LogP contribution in [0, 0.1) is 0 Å². The van der Waals surface area contributed by atoms with Crippen molar-refractivity contribution in [2.75, 3.05) is 0 Å². The highest BCUT2D eigenvalue weighted by molar-refractivity contribution is 5.70. The predicted molar refractivity (Wildman–Crippen MR) is 78.7 cm³/mol. The van der Waals surface area contributed by atoms with Gasteiger partial charge in [0, 0.05) is 6.92 Å². The summed E-state index contributed by atoms with van der Waals surface area (Å²) in [5, 5.41) is 8.49. The van der Waals surface area contributed by atoms with Crippen molar-refractivity contribution in [2.45, 2.75) is 53.1 Å². The van der Waals surface area contributed by atoms with E-state index in [0.29, 0.717) is 0 Å². The molecule has 0 unspecified atom stereocenters. The van der Waals surface area contributed by atoms with E-state index in [9.17, 15) is 9.59 Å². The predicted octanol–water partition coefficient (Wildman–Crippen LogP) is 3.22. The fourth-order valence-electron chi connectivity index (χ4n) is 1.50. The maximum absolute atomic E-state index is 10.3. The molecule has 0 radical (unpaired) electrons. The van der Waals surface area contributed by atoms with Crippen LogP contribution < -0.4 is 0 Å². The molecule has 0 aliphatic heterocycles. The zero-order valence-corrected chi connectivity index (χ0v) is 12.9. The van der Waals surface area contributed by atoms with Crippen LogP contribution in [0.4, 0.5) is 0 Å².